The molecule has 1 saturated heterocycles. The van der Waals surface area contributed by atoms with Gasteiger partial charge in [-0.1, -0.05) is 34.5 Å². The van der Waals surface area contributed by atoms with E-state index in [4.69, 9.17) is 0 Å². The van der Waals surface area contributed by atoms with Gasteiger partial charge in [0.05, 0.1) is 0 Å². The van der Waals surface area contributed by atoms with Crippen molar-refractivity contribution in [3.8, 4) is 0 Å². The average Bonchev–Trinajstić information content (AvgIpc) is 2.35. The van der Waals surface area contributed by atoms with Gasteiger partial charge in [-0.25, -0.2) is 0 Å². The third kappa shape index (κ3) is 2.93. The summed E-state index contributed by atoms with van der Waals surface area (Å²) >= 11 is 3.48. The molecule has 1 heterocycles. The number of halogens is 1. The molecule has 1 unspecified atom stereocenters. The normalized spacial score (nSPS) is 18.6. The van der Waals surface area contributed by atoms with E-state index >= 15 is 0 Å². The van der Waals surface area contributed by atoms with Crippen molar-refractivity contribution in [1.82, 2.24) is 4.90 Å². The number of carbonyl (C=O) groups is 1. The van der Waals surface area contributed by atoms with Crippen molar-refractivity contribution in [3.05, 3.63) is 33.8 Å². The Morgan fingerprint density at radius 3 is 2.56 bits per heavy atom. The molecule has 1 aliphatic rings. The molecule has 4 heteroatoms. The molecule has 0 radical (unpaired) electrons. The minimum atomic E-state index is -0.757. The first kappa shape index (κ1) is 13.6. The van der Waals surface area contributed by atoms with Crippen LogP contribution in [0.2, 0.25) is 0 Å². The number of aryl methyl sites for hydroxylation is 1. The molecule has 0 saturated carbocycles. The summed E-state index contributed by atoms with van der Waals surface area (Å²) in [5, 5.41) is 9.48. The standard InChI is InChI=1S/C14H18BrNO2/c1-10-5-6-11(9-12(10)15)13(14(17)18)16-7-3-2-4-8-16/h5-6,9,13H,2-4,7-8H2,1H3,(H,17,18). The molecule has 1 atom stereocenters. The van der Waals surface area contributed by atoms with E-state index < -0.39 is 12.0 Å². The summed E-state index contributed by atoms with van der Waals surface area (Å²) in [5.74, 6) is -0.757. The summed E-state index contributed by atoms with van der Waals surface area (Å²) in [6, 6.07) is 5.32. The van der Waals surface area contributed by atoms with Crippen LogP contribution in [-0.4, -0.2) is 29.1 Å². The van der Waals surface area contributed by atoms with Crippen LogP contribution in [-0.2, 0) is 4.79 Å². The molecule has 1 aliphatic heterocycles. The minimum Gasteiger partial charge on any atom is -0.480 e. The van der Waals surface area contributed by atoms with Gasteiger partial charge in [0.15, 0.2) is 0 Å². The Morgan fingerprint density at radius 1 is 1.33 bits per heavy atom. The topological polar surface area (TPSA) is 40.5 Å². The van der Waals surface area contributed by atoms with E-state index in [0.717, 1.165) is 41.5 Å². The maximum absolute atomic E-state index is 11.5. The van der Waals surface area contributed by atoms with Crippen LogP contribution in [0, 0.1) is 6.92 Å². The molecule has 2 rings (SSSR count). The van der Waals surface area contributed by atoms with Crippen LogP contribution >= 0.6 is 15.9 Å². The predicted octanol–water partition coefficient (Wildman–Crippen LogP) is 3.37. The van der Waals surface area contributed by atoms with Gasteiger partial charge in [0, 0.05) is 4.47 Å². The predicted molar refractivity (Wildman–Crippen MR) is 74.7 cm³/mol. The zero-order chi connectivity index (χ0) is 13.1. The first-order valence-corrected chi connectivity index (χ1v) is 7.12. The second kappa shape index (κ2) is 5.85. The van der Waals surface area contributed by atoms with Gasteiger partial charge in [-0.15, -0.1) is 0 Å². The highest BCUT2D eigenvalue weighted by atomic mass is 79.9. The highest BCUT2D eigenvalue weighted by molar-refractivity contribution is 9.10. The highest BCUT2D eigenvalue weighted by Gasteiger charge is 2.28. The Hall–Kier alpha value is -0.870. The summed E-state index contributed by atoms with van der Waals surface area (Å²) in [7, 11) is 0. The second-order valence-corrected chi connectivity index (χ2v) is 5.70. The summed E-state index contributed by atoms with van der Waals surface area (Å²) in [6.45, 7) is 3.76. The van der Waals surface area contributed by atoms with Gasteiger partial charge in [0.1, 0.15) is 6.04 Å². The van der Waals surface area contributed by atoms with E-state index in [9.17, 15) is 9.90 Å². The largest absolute Gasteiger partial charge is 0.480 e. The number of carboxylic acid groups (broad SMARTS) is 1. The molecule has 1 aromatic rings. The summed E-state index contributed by atoms with van der Waals surface area (Å²) < 4.78 is 0.975. The number of hydrogen-bond donors (Lipinski definition) is 1. The van der Waals surface area contributed by atoms with Crippen LogP contribution in [0.25, 0.3) is 0 Å². The fraction of sp³-hybridized carbons (Fsp3) is 0.500. The van der Waals surface area contributed by atoms with Crippen LogP contribution in [0.4, 0.5) is 0 Å². The average molecular weight is 312 g/mol. The van der Waals surface area contributed by atoms with Gasteiger partial charge >= 0.3 is 5.97 Å². The third-order valence-corrected chi connectivity index (χ3v) is 4.36. The molecule has 98 valence electrons. The van der Waals surface area contributed by atoms with Crippen LogP contribution in [0.5, 0.6) is 0 Å². The van der Waals surface area contributed by atoms with Gasteiger partial charge in [-0.05, 0) is 50.0 Å². The van der Waals surface area contributed by atoms with Crippen molar-refractivity contribution in [2.45, 2.75) is 32.2 Å². The third-order valence-electron chi connectivity index (χ3n) is 3.50. The van der Waals surface area contributed by atoms with Gasteiger partial charge in [-0.2, -0.15) is 0 Å². The zero-order valence-electron chi connectivity index (χ0n) is 10.5. The molecule has 1 fully saturated rings. The van der Waals surface area contributed by atoms with Crippen LogP contribution in [0.15, 0.2) is 22.7 Å². The van der Waals surface area contributed by atoms with Crippen molar-refractivity contribution in [2.24, 2.45) is 0 Å². The Morgan fingerprint density at radius 2 is 2.00 bits per heavy atom. The fourth-order valence-corrected chi connectivity index (χ4v) is 2.86. The van der Waals surface area contributed by atoms with Crippen molar-refractivity contribution in [3.63, 3.8) is 0 Å². The van der Waals surface area contributed by atoms with Crippen molar-refractivity contribution in [1.29, 1.82) is 0 Å². The van der Waals surface area contributed by atoms with Crippen LogP contribution in [0.1, 0.15) is 36.4 Å². The van der Waals surface area contributed by atoms with E-state index in [1.54, 1.807) is 0 Å². The zero-order valence-corrected chi connectivity index (χ0v) is 12.1. The van der Waals surface area contributed by atoms with E-state index in [1.807, 2.05) is 25.1 Å². The number of aliphatic carboxylic acids is 1. The Kier molecular flexibility index (Phi) is 4.40. The first-order chi connectivity index (χ1) is 8.59. The number of piperidine rings is 1. The Balaban J connectivity index is 2.28. The maximum atomic E-state index is 11.5. The molecule has 18 heavy (non-hydrogen) atoms. The molecule has 0 bridgehead atoms. The minimum absolute atomic E-state index is 0.512. The molecule has 0 spiro atoms. The number of likely N-dealkylation sites (tertiary alicyclic amines) is 1. The van der Waals surface area contributed by atoms with E-state index in [0.29, 0.717) is 0 Å². The molecule has 0 amide bonds. The lowest BCUT2D eigenvalue weighted by atomic mass is 10.0. The van der Waals surface area contributed by atoms with Crippen LogP contribution < -0.4 is 0 Å². The second-order valence-electron chi connectivity index (χ2n) is 4.85. The monoisotopic (exact) mass is 311 g/mol. The quantitative estimate of drug-likeness (QED) is 0.930. The van der Waals surface area contributed by atoms with Crippen molar-refractivity contribution in [2.75, 3.05) is 13.1 Å². The lowest BCUT2D eigenvalue weighted by molar-refractivity contribution is -0.144. The van der Waals surface area contributed by atoms with E-state index in [2.05, 4.69) is 20.8 Å². The number of hydrogen-bond acceptors (Lipinski definition) is 2. The molecular weight excluding hydrogens is 294 g/mol. The summed E-state index contributed by atoms with van der Waals surface area (Å²) in [5.41, 5.74) is 1.99. The van der Waals surface area contributed by atoms with Crippen LogP contribution in [0.3, 0.4) is 0 Å². The molecule has 3 nitrogen and oxygen atoms in total. The number of rotatable bonds is 3. The fourth-order valence-electron chi connectivity index (χ4n) is 2.47. The number of benzene rings is 1. The molecule has 1 aromatic carbocycles. The summed E-state index contributed by atoms with van der Waals surface area (Å²) in [6.07, 6.45) is 3.40. The molecule has 0 aromatic heterocycles. The summed E-state index contributed by atoms with van der Waals surface area (Å²) in [4.78, 5) is 13.6. The van der Waals surface area contributed by atoms with Gasteiger partial charge < -0.3 is 5.11 Å². The van der Waals surface area contributed by atoms with Gasteiger partial charge in [-0.3, -0.25) is 9.69 Å². The highest BCUT2D eigenvalue weighted by Crippen LogP contribution is 2.28. The van der Waals surface area contributed by atoms with E-state index in [1.165, 1.54) is 6.42 Å². The smallest absolute Gasteiger partial charge is 0.325 e. The van der Waals surface area contributed by atoms with E-state index in [-0.39, 0.29) is 0 Å². The lowest BCUT2D eigenvalue weighted by Crippen LogP contribution is -2.37. The first-order valence-electron chi connectivity index (χ1n) is 6.32. The molecule has 1 N–H and O–H groups in total. The number of nitrogens with zero attached hydrogens (tertiary/aromatic N) is 1. The molecule has 0 aliphatic carbocycles. The lowest BCUT2D eigenvalue weighted by Gasteiger charge is -2.32. The Bertz CT molecular complexity index is 441. The molecular formula is C14H18BrNO2. The van der Waals surface area contributed by atoms with Crippen molar-refractivity contribution >= 4 is 21.9 Å². The maximum Gasteiger partial charge on any atom is 0.325 e. The van der Waals surface area contributed by atoms with Gasteiger partial charge in [0.25, 0.3) is 0 Å². The number of carboxylic acids is 1. The van der Waals surface area contributed by atoms with Crippen molar-refractivity contribution < 1.29 is 9.90 Å². The van der Waals surface area contributed by atoms with Gasteiger partial charge in [0.2, 0.25) is 0 Å². The Labute approximate surface area is 116 Å². The SMILES string of the molecule is Cc1ccc(C(C(=O)O)N2CCCCC2)cc1Br.